The van der Waals surface area contributed by atoms with Crippen molar-refractivity contribution in [3.8, 4) is 6.07 Å². The van der Waals surface area contributed by atoms with Crippen LogP contribution in [0.2, 0.25) is 0 Å². The lowest BCUT2D eigenvalue weighted by Crippen LogP contribution is -2.29. The quantitative estimate of drug-likeness (QED) is 0.745. The molecule has 0 radical (unpaired) electrons. The molecule has 0 fully saturated rings. The third-order valence-electron chi connectivity index (χ3n) is 1.90. The zero-order valence-electron chi connectivity index (χ0n) is 8.93. The summed E-state index contributed by atoms with van der Waals surface area (Å²) in [5.74, 6) is 0. The highest BCUT2D eigenvalue weighted by atomic mass is 32.2. The van der Waals surface area contributed by atoms with Gasteiger partial charge in [-0.3, -0.25) is 4.72 Å². The second kappa shape index (κ2) is 4.38. The maximum atomic E-state index is 11.5. The largest absolute Gasteiger partial charge is 0.397 e. The van der Waals surface area contributed by atoms with Crippen molar-refractivity contribution in [3.63, 3.8) is 0 Å². The summed E-state index contributed by atoms with van der Waals surface area (Å²) < 4.78 is 26.3. The minimum absolute atomic E-state index is 0.212. The first-order valence-electron chi connectivity index (χ1n) is 4.36. The number of nitrogen functional groups attached to an aromatic ring is 1. The van der Waals surface area contributed by atoms with E-state index in [1.807, 2.05) is 6.07 Å². The Bertz CT molecular complexity index is 531. The standard InChI is InChI=1S/C9H12N4O2S/c1-13(2)16(14,15)12-9-4-3-7(6-10)5-8(9)11/h3-5,12H,11H2,1-2H3. The van der Waals surface area contributed by atoms with Gasteiger partial charge in [0.25, 0.3) is 0 Å². The Kier molecular flexibility index (Phi) is 3.37. The van der Waals surface area contributed by atoms with Crippen LogP contribution in [-0.4, -0.2) is 26.8 Å². The number of rotatable bonds is 3. The Morgan fingerprint density at radius 1 is 1.44 bits per heavy atom. The van der Waals surface area contributed by atoms with Gasteiger partial charge in [-0.25, -0.2) is 0 Å². The molecule has 0 aliphatic carbocycles. The van der Waals surface area contributed by atoms with Crippen LogP contribution in [0.3, 0.4) is 0 Å². The molecule has 86 valence electrons. The Hall–Kier alpha value is -1.78. The topological polar surface area (TPSA) is 99.2 Å². The molecule has 16 heavy (non-hydrogen) atoms. The summed E-state index contributed by atoms with van der Waals surface area (Å²) >= 11 is 0. The summed E-state index contributed by atoms with van der Waals surface area (Å²) in [4.78, 5) is 0. The van der Waals surface area contributed by atoms with Gasteiger partial charge >= 0.3 is 10.2 Å². The highest BCUT2D eigenvalue weighted by molar-refractivity contribution is 7.90. The van der Waals surface area contributed by atoms with Gasteiger partial charge in [0.15, 0.2) is 0 Å². The van der Waals surface area contributed by atoms with Gasteiger partial charge in [0.1, 0.15) is 0 Å². The van der Waals surface area contributed by atoms with Crippen molar-refractivity contribution in [1.29, 1.82) is 5.26 Å². The van der Waals surface area contributed by atoms with Gasteiger partial charge in [-0.1, -0.05) is 0 Å². The van der Waals surface area contributed by atoms with Crippen molar-refractivity contribution in [2.24, 2.45) is 0 Å². The Balaban J connectivity index is 3.05. The van der Waals surface area contributed by atoms with E-state index in [9.17, 15) is 8.42 Å². The van der Waals surface area contributed by atoms with Crippen LogP contribution in [0, 0.1) is 11.3 Å². The summed E-state index contributed by atoms with van der Waals surface area (Å²) in [5, 5.41) is 8.62. The molecule has 0 bridgehead atoms. The molecule has 0 heterocycles. The fourth-order valence-corrected chi connectivity index (χ4v) is 1.60. The van der Waals surface area contributed by atoms with Crippen LogP contribution >= 0.6 is 0 Å². The van der Waals surface area contributed by atoms with Gasteiger partial charge in [-0.05, 0) is 18.2 Å². The molecule has 0 aliphatic heterocycles. The van der Waals surface area contributed by atoms with Crippen LogP contribution in [0.5, 0.6) is 0 Å². The lowest BCUT2D eigenvalue weighted by atomic mass is 10.2. The molecule has 0 aliphatic rings. The van der Waals surface area contributed by atoms with Gasteiger partial charge in [0.05, 0.1) is 23.0 Å². The molecular formula is C9H12N4O2S. The van der Waals surface area contributed by atoms with Crippen LogP contribution in [0.15, 0.2) is 18.2 Å². The number of benzene rings is 1. The first kappa shape index (κ1) is 12.3. The first-order valence-corrected chi connectivity index (χ1v) is 5.80. The number of nitrogens with two attached hydrogens (primary N) is 1. The van der Waals surface area contributed by atoms with E-state index in [0.717, 1.165) is 4.31 Å². The van der Waals surface area contributed by atoms with E-state index < -0.39 is 10.2 Å². The molecule has 0 saturated heterocycles. The zero-order valence-corrected chi connectivity index (χ0v) is 9.75. The van der Waals surface area contributed by atoms with Gasteiger partial charge in [-0.15, -0.1) is 0 Å². The van der Waals surface area contributed by atoms with Crippen molar-refractivity contribution in [3.05, 3.63) is 23.8 Å². The average molecular weight is 240 g/mol. The van der Waals surface area contributed by atoms with Crippen molar-refractivity contribution in [2.45, 2.75) is 0 Å². The third kappa shape index (κ3) is 2.62. The lowest BCUT2D eigenvalue weighted by molar-refractivity contribution is 0.527. The zero-order chi connectivity index (χ0) is 12.3. The summed E-state index contributed by atoms with van der Waals surface area (Å²) in [5.41, 5.74) is 6.46. The first-order chi connectivity index (χ1) is 7.36. The van der Waals surface area contributed by atoms with Crippen LogP contribution in [0.4, 0.5) is 11.4 Å². The summed E-state index contributed by atoms with van der Waals surface area (Å²) in [7, 11) is -0.763. The van der Waals surface area contributed by atoms with Gasteiger partial charge in [-0.2, -0.15) is 18.0 Å². The minimum Gasteiger partial charge on any atom is -0.397 e. The molecule has 0 unspecified atom stereocenters. The van der Waals surface area contributed by atoms with E-state index >= 15 is 0 Å². The van der Waals surface area contributed by atoms with Gasteiger partial charge in [0, 0.05) is 14.1 Å². The molecule has 1 aromatic rings. The Labute approximate surface area is 94.5 Å². The minimum atomic E-state index is -3.57. The molecule has 3 N–H and O–H groups in total. The van der Waals surface area contributed by atoms with Gasteiger partial charge in [0.2, 0.25) is 0 Å². The normalized spacial score (nSPS) is 11.1. The smallest absolute Gasteiger partial charge is 0.301 e. The number of hydrogen-bond acceptors (Lipinski definition) is 4. The monoisotopic (exact) mass is 240 g/mol. The lowest BCUT2D eigenvalue weighted by Gasteiger charge is -2.14. The van der Waals surface area contributed by atoms with Crippen LogP contribution < -0.4 is 10.5 Å². The van der Waals surface area contributed by atoms with Crippen molar-refractivity contribution >= 4 is 21.6 Å². The summed E-state index contributed by atoms with van der Waals surface area (Å²) in [6.45, 7) is 0. The van der Waals surface area contributed by atoms with E-state index in [0.29, 0.717) is 5.56 Å². The maximum Gasteiger partial charge on any atom is 0.301 e. The molecule has 1 rings (SSSR count). The van der Waals surface area contributed by atoms with Crippen molar-refractivity contribution in [1.82, 2.24) is 4.31 Å². The van der Waals surface area contributed by atoms with E-state index in [4.69, 9.17) is 11.0 Å². The molecule has 1 aromatic carbocycles. The average Bonchev–Trinajstić information content (AvgIpc) is 2.20. The number of anilines is 2. The van der Waals surface area contributed by atoms with Crippen LogP contribution in [-0.2, 0) is 10.2 Å². The molecular weight excluding hydrogens is 228 g/mol. The number of nitrogens with one attached hydrogen (secondary N) is 1. The predicted octanol–water partition coefficient (Wildman–Crippen LogP) is 0.359. The van der Waals surface area contributed by atoms with E-state index in [2.05, 4.69) is 4.72 Å². The molecule has 0 amide bonds. The fraction of sp³-hybridized carbons (Fsp3) is 0.222. The van der Waals surface area contributed by atoms with Crippen molar-refractivity contribution in [2.75, 3.05) is 24.6 Å². The SMILES string of the molecule is CN(C)S(=O)(=O)Nc1ccc(C#N)cc1N. The predicted molar refractivity (Wildman–Crippen MR) is 61.8 cm³/mol. The van der Waals surface area contributed by atoms with Crippen LogP contribution in [0.1, 0.15) is 5.56 Å². The molecule has 6 nitrogen and oxygen atoms in total. The highest BCUT2D eigenvalue weighted by Crippen LogP contribution is 2.20. The second-order valence-corrected chi connectivity index (χ2v) is 5.19. The van der Waals surface area contributed by atoms with E-state index in [1.54, 1.807) is 0 Å². The van der Waals surface area contributed by atoms with Gasteiger partial charge < -0.3 is 5.73 Å². The van der Waals surface area contributed by atoms with Crippen molar-refractivity contribution < 1.29 is 8.42 Å². The summed E-state index contributed by atoms with van der Waals surface area (Å²) in [6, 6.07) is 6.27. The molecule has 0 spiro atoms. The third-order valence-corrected chi connectivity index (χ3v) is 3.34. The number of nitriles is 1. The Morgan fingerprint density at radius 2 is 2.06 bits per heavy atom. The Morgan fingerprint density at radius 3 is 2.50 bits per heavy atom. The molecule has 7 heteroatoms. The maximum absolute atomic E-state index is 11.5. The second-order valence-electron chi connectivity index (χ2n) is 3.30. The van der Waals surface area contributed by atoms with E-state index in [-0.39, 0.29) is 11.4 Å². The molecule has 0 saturated carbocycles. The van der Waals surface area contributed by atoms with Crippen LogP contribution in [0.25, 0.3) is 0 Å². The highest BCUT2D eigenvalue weighted by Gasteiger charge is 2.14. The molecule has 0 aromatic heterocycles. The number of nitrogens with zero attached hydrogens (tertiary/aromatic N) is 2. The molecule has 0 atom stereocenters. The fourth-order valence-electron chi connectivity index (χ4n) is 0.955. The number of hydrogen-bond donors (Lipinski definition) is 2. The summed E-state index contributed by atoms with van der Waals surface area (Å²) in [6.07, 6.45) is 0. The van der Waals surface area contributed by atoms with E-state index in [1.165, 1.54) is 32.3 Å².